The van der Waals surface area contributed by atoms with Crippen molar-refractivity contribution in [3.8, 4) is 0 Å². The van der Waals surface area contributed by atoms with E-state index in [1.54, 1.807) is 6.07 Å². The monoisotopic (exact) mass is 272 g/mol. The molecule has 0 aromatic carbocycles. The van der Waals surface area contributed by atoms with E-state index in [0.29, 0.717) is 12.8 Å². The van der Waals surface area contributed by atoms with Crippen LogP contribution in [0.15, 0.2) is 18.3 Å². The van der Waals surface area contributed by atoms with Gasteiger partial charge in [-0.15, -0.1) is 0 Å². The van der Waals surface area contributed by atoms with Gasteiger partial charge in [-0.05, 0) is 31.9 Å². The quantitative estimate of drug-likeness (QED) is 0.904. The normalized spacial score (nSPS) is 21.7. The van der Waals surface area contributed by atoms with E-state index in [2.05, 4.69) is 10.3 Å². The molecule has 0 radical (unpaired) electrons. The van der Waals surface area contributed by atoms with Crippen molar-refractivity contribution in [1.29, 1.82) is 0 Å². The van der Waals surface area contributed by atoms with Gasteiger partial charge in [0.2, 0.25) is 0 Å². The molecule has 1 aliphatic heterocycles. The zero-order chi connectivity index (χ0) is 13.2. The second-order valence-electron chi connectivity index (χ2n) is 4.72. The van der Waals surface area contributed by atoms with Crippen LogP contribution in [0.25, 0.3) is 0 Å². The molecule has 1 N–H and O–H groups in total. The third kappa shape index (κ3) is 3.49. The summed E-state index contributed by atoms with van der Waals surface area (Å²) in [5, 5.41) is 3.34. The molecular formula is C12H17FN2O2S. The van der Waals surface area contributed by atoms with Crippen LogP contribution in [0.3, 0.4) is 0 Å². The van der Waals surface area contributed by atoms with Crippen molar-refractivity contribution >= 4 is 9.84 Å². The maximum absolute atomic E-state index is 12.7. The lowest BCUT2D eigenvalue weighted by atomic mass is 10.1. The minimum Gasteiger partial charge on any atom is -0.306 e. The third-order valence-corrected chi connectivity index (χ3v) is 4.95. The molecule has 2 rings (SSSR count). The lowest BCUT2D eigenvalue weighted by molar-refractivity contribution is 0.415. The lowest BCUT2D eigenvalue weighted by Crippen LogP contribution is -2.38. The summed E-state index contributed by atoms with van der Waals surface area (Å²) >= 11 is 0. The van der Waals surface area contributed by atoms with Crippen LogP contribution in [0.4, 0.5) is 4.39 Å². The molecule has 0 saturated carbocycles. The summed E-state index contributed by atoms with van der Waals surface area (Å²) in [6, 6.07) is 3.21. The predicted octanol–water partition coefficient (Wildman–Crippen LogP) is 1.45. The molecule has 18 heavy (non-hydrogen) atoms. The Morgan fingerprint density at radius 3 is 2.61 bits per heavy atom. The van der Waals surface area contributed by atoms with Crippen molar-refractivity contribution < 1.29 is 12.8 Å². The number of halogens is 1. The Morgan fingerprint density at radius 1 is 1.39 bits per heavy atom. The van der Waals surface area contributed by atoms with E-state index < -0.39 is 9.84 Å². The third-order valence-electron chi connectivity index (χ3n) is 3.23. The fourth-order valence-electron chi connectivity index (χ4n) is 2.14. The largest absolute Gasteiger partial charge is 0.306 e. The molecule has 100 valence electrons. The molecule has 0 bridgehead atoms. The Labute approximate surface area is 107 Å². The van der Waals surface area contributed by atoms with Crippen molar-refractivity contribution in [2.75, 3.05) is 11.5 Å². The van der Waals surface area contributed by atoms with Crippen molar-refractivity contribution in [3.63, 3.8) is 0 Å². The molecule has 1 fully saturated rings. The average molecular weight is 272 g/mol. The minimum atomic E-state index is -2.83. The van der Waals surface area contributed by atoms with Gasteiger partial charge < -0.3 is 5.32 Å². The van der Waals surface area contributed by atoms with Crippen molar-refractivity contribution in [2.24, 2.45) is 0 Å². The maximum atomic E-state index is 12.7. The predicted molar refractivity (Wildman–Crippen MR) is 67.4 cm³/mol. The molecule has 1 aliphatic rings. The van der Waals surface area contributed by atoms with E-state index >= 15 is 0 Å². The van der Waals surface area contributed by atoms with E-state index in [1.165, 1.54) is 12.3 Å². The summed E-state index contributed by atoms with van der Waals surface area (Å²) in [5.74, 6) is 0.136. The summed E-state index contributed by atoms with van der Waals surface area (Å²) in [6.07, 6.45) is 2.46. The Hall–Kier alpha value is -1.01. The molecular weight excluding hydrogens is 255 g/mol. The number of hydrogen-bond donors (Lipinski definition) is 1. The fraction of sp³-hybridized carbons (Fsp3) is 0.583. The van der Waals surface area contributed by atoms with Crippen molar-refractivity contribution in [1.82, 2.24) is 10.3 Å². The Balaban J connectivity index is 1.92. The summed E-state index contributed by atoms with van der Waals surface area (Å²) in [5.41, 5.74) is 0.768. The van der Waals surface area contributed by atoms with Crippen LogP contribution in [0, 0.1) is 5.82 Å². The first-order chi connectivity index (χ1) is 8.46. The van der Waals surface area contributed by atoms with Gasteiger partial charge >= 0.3 is 0 Å². The SMILES string of the molecule is CC(NC1CCS(=O)(=O)CC1)c1ccc(F)cn1. The first kappa shape index (κ1) is 13.4. The second kappa shape index (κ2) is 5.32. The first-order valence-corrected chi connectivity index (χ1v) is 7.86. The average Bonchev–Trinajstić information content (AvgIpc) is 2.33. The number of rotatable bonds is 3. The number of nitrogens with one attached hydrogen (secondary N) is 1. The molecule has 0 spiro atoms. The standard InChI is InChI=1S/C12H17FN2O2S/c1-9(12-3-2-10(13)8-14-12)15-11-4-6-18(16,17)7-5-11/h2-3,8-9,11,15H,4-7H2,1H3. The molecule has 1 atom stereocenters. The molecule has 6 heteroatoms. The molecule has 1 unspecified atom stereocenters. The van der Waals surface area contributed by atoms with Gasteiger partial charge in [-0.3, -0.25) is 4.98 Å². The topological polar surface area (TPSA) is 59.1 Å². The van der Waals surface area contributed by atoms with Crippen LogP contribution < -0.4 is 5.32 Å². The zero-order valence-electron chi connectivity index (χ0n) is 10.3. The lowest BCUT2D eigenvalue weighted by Gasteiger charge is -2.26. The van der Waals surface area contributed by atoms with Crippen molar-refractivity contribution in [2.45, 2.75) is 31.8 Å². The van der Waals surface area contributed by atoms with Gasteiger partial charge in [0.15, 0.2) is 0 Å². The van der Waals surface area contributed by atoms with Crippen LogP contribution in [0.5, 0.6) is 0 Å². The van der Waals surface area contributed by atoms with Gasteiger partial charge in [0.25, 0.3) is 0 Å². The molecule has 0 amide bonds. The van der Waals surface area contributed by atoms with E-state index in [4.69, 9.17) is 0 Å². The van der Waals surface area contributed by atoms with E-state index in [-0.39, 0.29) is 29.4 Å². The number of pyridine rings is 1. The molecule has 1 aromatic heterocycles. The van der Waals surface area contributed by atoms with Crippen LogP contribution in [-0.2, 0) is 9.84 Å². The molecule has 1 aromatic rings. The van der Waals surface area contributed by atoms with Crippen LogP contribution in [0.1, 0.15) is 31.5 Å². The van der Waals surface area contributed by atoms with Gasteiger partial charge in [0.05, 0.1) is 23.4 Å². The summed E-state index contributed by atoms with van der Waals surface area (Å²) in [6.45, 7) is 1.95. The first-order valence-electron chi connectivity index (χ1n) is 6.04. The number of hydrogen-bond acceptors (Lipinski definition) is 4. The summed E-state index contributed by atoms with van der Waals surface area (Å²) in [7, 11) is -2.83. The van der Waals surface area contributed by atoms with Gasteiger partial charge in [-0.25, -0.2) is 12.8 Å². The van der Waals surface area contributed by atoms with Crippen molar-refractivity contribution in [3.05, 3.63) is 29.8 Å². The van der Waals surface area contributed by atoms with Gasteiger partial charge in [-0.2, -0.15) is 0 Å². The van der Waals surface area contributed by atoms with Gasteiger partial charge in [0.1, 0.15) is 15.7 Å². The highest BCUT2D eigenvalue weighted by Gasteiger charge is 2.24. The Morgan fingerprint density at radius 2 is 2.06 bits per heavy atom. The van der Waals surface area contributed by atoms with E-state index in [9.17, 15) is 12.8 Å². The molecule has 0 aliphatic carbocycles. The molecule has 4 nitrogen and oxygen atoms in total. The maximum Gasteiger partial charge on any atom is 0.150 e. The van der Waals surface area contributed by atoms with E-state index in [0.717, 1.165) is 5.69 Å². The summed E-state index contributed by atoms with van der Waals surface area (Å²) < 4.78 is 35.4. The highest BCUT2D eigenvalue weighted by molar-refractivity contribution is 7.91. The zero-order valence-corrected chi connectivity index (χ0v) is 11.1. The van der Waals surface area contributed by atoms with Gasteiger partial charge in [-0.1, -0.05) is 0 Å². The highest BCUT2D eigenvalue weighted by Crippen LogP contribution is 2.17. The Kier molecular flexibility index (Phi) is 3.97. The highest BCUT2D eigenvalue weighted by atomic mass is 32.2. The minimum absolute atomic E-state index is 0.00333. The molecule has 1 saturated heterocycles. The number of nitrogens with zero attached hydrogens (tertiary/aromatic N) is 1. The summed E-state index contributed by atoms with van der Waals surface area (Å²) in [4.78, 5) is 4.02. The van der Waals surface area contributed by atoms with Gasteiger partial charge in [0, 0.05) is 12.1 Å². The van der Waals surface area contributed by atoms with Crippen LogP contribution in [-0.4, -0.2) is 30.9 Å². The van der Waals surface area contributed by atoms with E-state index in [1.807, 2.05) is 6.92 Å². The second-order valence-corrected chi connectivity index (χ2v) is 7.02. The fourth-order valence-corrected chi connectivity index (χ4v) is 3.63. The Bertz CT molecular complexity index is 487. The number of aromatic nitrogens is 1. The smallest absolute Gasteiger partial charge is 0.150 e. The van der Waals surface area contributed by atoms with Crippen LogP contribution >= 0.6 is 0 Å². The van der Waals surface area contributed by atoms with Crippen LogP contribution in [0.2, 0.25) is 0 Å². The number of sulfone groups is 1. The molecule has 2 heterocycles.